The Labute approximate surface area is 96.1 Å². The van der Waals surface area contributed by atoms with Crippen LogP contribution in [0.5, 0.6) is 0 Å². The van der Waals surface area contributed by atoms with Gasteiger partial charge >= 0.3 is 6.18 Å². The van der Waals surface area contributed by atoms with E-state index < -0.39 is 17.8 Å². The number of ether oxygens (including phenoxy) is 1. The van der Waals surface area contributed by atoms with Gasteiger partial charge in [-0.05, 0) is 11.6 Å². The van der Waals surface area contributed by atoms with E-state index in [1.165, 1.54) is 25.3 Å². The van der Waals surface area contributed by atoms with Crippen LogP contribution in [0, 0.1) is 0 Å². The van der Waals surface area contributed by atoms with Crippen molar-refractivity contribution in [2.75, 3.05) is 13.7 Å². The fraction of sp³-hybridized carbons (Fsp3) is 0.400. The minimum Gasteiger partial charge on any atom is -0.383 e. The van der Waals surface area contributed by atoms with Crippen LogP contribution in [-0.2, 0) is 10.9 Å². The number of rotatable bonds is 3. The maximum Gasteiger partial charge on any atom is 0.418 e. The largest absolute Gasteiger partial charge is 0.418 e. The summed E-state index contributed by atoms with van der Waals surface area (Å²) >= 11 is 5.54. The van der Waals surface area contributed by atoms with Gasteiger partial charge in [-0.3, -0.25) is 0 Å². The van der Waals surface area contributed by atoms with Crippen molar-refractivity contribution in [3.63, 3.8) is 0 Å². The summed E-state index contributed by atoms with van der Waals surface area (Å²) in [5.41, 5.74) is 4.65. The fourth-order valence-corrected chi connectivity index (χ4v) is 1.71. The molecule has 0 saturated heterocycles. The van der Waals surface area contributed by atoms with Gasteiger partial charge in [-0.1, -0.05) is 23.7 Å². The van der Waals surface area contributed by atoms with E-state index in [9.17, 15) is 13.2 Å². The number of alkyl halides is 3. The van der Waals surface area contributed by atoms with E-state index in [2.05, 4.69) is 0 Å². The molecule has 90 valence electrons. The van der Waals surface area contributed by atoms with E-state index in [4.69, 9.17) is 22.1 Å². The molecule has 0 fully saturated rings. The molecule has 0 aliphatic carbocycles. The Morgan fingerprint density at radius 1 is 1.44 bits per heavy atom. The molecule has 0 heterocycles. The van der Waals surface area contributed by atoms with Crippen LogP contribution < -0.4 is 5.73 Å². The van der Waals surface area contributed by atoms with Gasteiger partial charge in [-0.25, -0.2) is 0 Å². The number of benzene rings is 1. The molecule has 2 N–H and O–H groups in total. The highest BCUT2D eigenvalue weighted by molar-refractivity contribution is 6.31. The molecule has 0 radical (unpaired) electrons. The Morgan fingerprint density at radius 3 is 2.56 bits per heavy atom. The quantitative estimate of drug-likeness (QED) is 0.899. The maximum absolute atomic E-state index is 12.7. The summed E-state index contributed by atoms with van der Waals surface area (Å²) in [7, 11) is 1.37. The molecule has 1 rings (SSSR count). The molecule has 0 aromatic heterocycles. The fourth-order valence-electron chi connectivity index (χ4n) is 1.42. The number of nitrogens with two attached hydrogens (primary N) is 1. The Hall–Kier alpha value is -0.780. The van der Waals surface area contributed by atoms with E-state index in [-0.39, 0.29) is 17.2 Å². The zero-order valence-corrected chi connectivity index (χ0v) is 9.27. The SMILES string of the molecule is COCC(N)c1cccc(Cl)c1C(F)(F)F. The number of hydrogen-bond donors (Lipinski definition) is 1. The molecule has 0 aliphatic rings. The van der Waals surface area contributed by atoms with Crippen molar-refractivity contribution in [3.05, 3.63) is 34.3 Å². The summed E-state index contributed by atoms with van der Waals surface area (Å²) in [5, 5.41) is -0.350. The van der Waals surface area contributed by atoms with Crippen LogP contribution in [-0.4, -0.2) is 13.7 Å². The standard InChI is InChI=1S/C10H11ClF3NO/c1-16-5-8(15)6-3-2-4-7(11)9(6)10(12,13)14/h2-4,8H,5,15H2,1H3. The topological polar surface area (TPSA) is 35.2 Å². The first kappa shape index (κ1) is 13.3. The van der Waals surface area contributed by atoms with Gasteiger partial charge in [0.1, 0.15) is 0 Å². The monoisotopic (exact) mass is 253 g/mol. The Kier molecular flexibility index (Phi) is 4.18. The van der Waals surface area contributed by atoms with Crippen LogP contribution in [0.15, 0.2) is 18.2 Å². The highest BCUT2D eigenvalue weighted by Gasteiger charge is 2.36. The maximum atomic E-state index is 12.7. The van der Waals surface area contributed by atoms with Crippen molar-refractivity contribution < 1.29 is 17.9 Å². The van der Waals surface area contributed by atoms with Crippen LogP contribution in [0.25, 0.3) is 0 Å². The first-order valence-electron chi connectivity index (χ1n) is 4.48. The summed E-state index contributed by atoms with van der Waals surface area (Å²) in [6.45, 7) is 0.00340. The van der Waals surface area contributed by atoms with E-state index >= 15 is 0 Å². The van der Waals surface area contributed by atoms with Crippen molar-refractivity contribution in [1.82, 2.24) is 0 Å². The zero-order chi connectivity index (χ0) is 12.3. The average molecular weight is 254 g/mol. The Bertz CT molecular complexity index is 368. The first-order valence-corrected chi connectivity index (χ1v) is 4.86. The van der Waals surface area contributed by atoms with Crippen molar-refractivity contribution in [3.8, 4) is 0 Å². The van der Waals surface area contributed by atoms with Gasteiger partial charge < -0.3 is 10.5 Å². The summed E-state index contributed by atoms with van der Waals surface area (Å²) in [6.07, 6.45) is -4.51. The van der Waals surface area contributed by atoms with Gasteiger partial charge in [0.2, 0.25) is 0 Å². The summed E-state index contributed by atoms with van der Waals surface area (Å²) in [4.78, 5) is 0. The average Bonchev–Trinajstić information content (AvgIpc) is 2.15. The molecular weight excluding hydrogens is 243 g/mol. The molecule has 16 heavy (non-hydrogen) atoms. The van der Waals surface area contributed by atoms with E-state index in [1.54, 1.807) is 0 Å². The zero-order valence-electron chi connectivity index (χ0n) is 8.51. The van der Waals surface area contributed by atoms with Gasteiger partial charge in [-0.15, -0.1) is 0 Å². The minimum atomic E-state index is -4.51. The molecule has 6 heteroatoms. The number of halogens is 4. The lowest BCUT2D eigenvalue weighted by molar-refractivity contribution is -0.138. The third kappa shape index (κ3) is 2.87. The smallest absolute Gasteiger partial charge is 0.383 e. The molecule has 2 nitrogen and oxygen atoms in total. The van der Waals surface area contributed by atoms with Crippen molar-refractivity contribution in [2.45, 2.75) is 12.2 Å². The minimum absolute atomic E-state index is 0.00340. The molecule has 1 aromatic carbocycles. The van der Waals surface area contributed by atoms with Gasteiger partial charge in [0, 0.05) is 7.11 Å². The molecule has 1 aromatic rings. The molecule has 0 aliphatic heterocycles. The van der Waals surface area contributed by atoms with Crippen LogP contribution in [0.3, 0.4) is 0 Å². The van der Waals surface area contributed by atoms with E-state index in [0.717, 1.165) is 0 Å². The van der Waals surface area contributed by atoms with Crippen LogP contribution in [0.1, 0.15) is 17.2 Å². The summed E-state index contributed by atoms with van der Waals surface area (Å²) in [6, 6.07) is 3.08. The molecule has 1 atom stereocenters. The Morgan fingerprint density at radius 2 is 2.06 bits per heavy atom. The highest BCUT2D eigenvalue weighted by Crippen LogP contribution is 2.38. The van der Waals surface area contributed by atoms with Gasteiger partial charge in [0.15, 0.2) is 0 Å². The molecule has 0 saturated carbocycles. The van der Waals surface area contributed by atoms with Crippen LogP contribution in [0.4, 0.5) is 13.2 Å². The van der Waals surface area contributed by atoms with Crippen molar-refractivity contribution in [2.24, 2.45) is 5.73 Å². The molecule has 0 spiro atoms. The van der Waals surface area contributed by atoms with Crippen LogP contribution in [0.2, 0.25) is 5.02 Å². The normalized spacial score (nSPS) is 13.9. The van der Waals surface area contributed by atoms with Gasteiger partial charge in [-0.2, -0.15) is 13.2 Å². The van der Waals surface area contributed by atoms with Crippen molar-refractivity contribution >= 4 is 11.6 Å². The number of methoxy groups -OCH3 is 1. The second-order valence-electron chi connectivity index (χ2n) is 3.26. The molecular formula is C10H11ClF3NO. The molecule has 1 unspecified atom stereocenters. The third-order valence-electron chi connectivity index (χ3n) is 2.08. The van der Waals surface area contributed by atoms with Crippen molar-refractivity contribution in [1.29, 1.82) is 0 Å². The second-order valence-corrected chi connectivity index (χ2v) is 3.67. The Balaban J connectivity index is 3.23. The van der Waals surface area contributed by atoms with Gasteiger partial charge in [0.05, 0.1) is 23.2 Å². The lowest BCUT2D eigenvalue weighted by Gasteiger charge is -2.18. The predicted octanol–water partition coefficient (Wildman–Crippen LogP) is 3.01. The summed E-state index contributed by atoms with van der Waals surface area (Å²) in [5.74, 6) is 0. The highest BCUT2D eigenvalue weighted by atomic mass is 35.5. The van der Waals surface area contributed by atoms with Gasteiger partial charge in [0.25, 0.3) is 0 Å². The lowest BCUT2D eigenvalue weighted by atomic mass is 10.0. The van der Waals surface area contributed by atoms with Crippen LogP contribution >= 0.6 is 11.6 Å². The molecule has 0 bridgehead atoms. The predicted molar refractivity (Wildman–Crippen MR) is 55.3 cm³/mol. The summed E-state index contributed by atoms with van der Waals surface area (Å²) < 4.78 is 42.9. The second kappa shape index (κ2) is 5.03. The molecule has 0 amide bonds. The third-order valence-corrected chi connectivity index (χ3v) is 2.39. The first-order chi connectivity index (χ1) is 7.38. The van der Waals surface area contributed by atoms with E-state index in [0.29, 0.717) is 0 Å². The lowest BCUT2D eigenvalue weighted by Crippen LogP contribution is -2.21. The van der Waals surface area contributed by atoms with E-state index in [1.807, 2.05) is 0 Å². The number of hydrogen-bond acceptors (Lipinski definition) is 2.